The zero-order chi connectivity index (χ0) is 18.9. The predicted molar refractivity (Wildman–Crippen MR) is 98.9 cm³/mol. The number of hydrogen-bond acceptors (Lipinski definition) is 8. The van der Waals surface area contributed by atoms with Crippen molar-refractivity contribution in [1.82, 2.24) is 20.6 Å². The Morgan fingerprint density at radius 3 is 2.85 bits per heavy atom. The van der Waals surface area contributed by atoms with Crippen LogP contribution >= 0.6 is 11.8 Å². The van der Waals surface area contributed by atoms with Gasteiger partial charge >= 0.3 is 0 Å². The van der Waals surface area contributed by atoms with Crippen molar-refractivity contribution >= 4 is 23.9 Å². The quantitative estimate of drug-likeness (QED) is 0.329. The van der Waals surface area contributed by atoms with Crippen molar-refractivity contribution in [1.29, 1.82) is 0 Å². The number of carbonyl (C=O) groups excluding carboxylic acids is 1. The van der Waals surface area contributed by atoms with Gasteiger partial charge in [0.15, 0.2) is 5.16 Å². The van der Waals surface area contributed by atoms with E-state index in [1.54, 1.807) is 19.2 Å². The summed E-state index contributed by atoms with van der Waals surface area (Å²) in [6, 6.07) is 10.8. The molecular formula is C17H17N5O4S. The number of H-pyrrole nitrogens is 1. The van der Waals surface area contributed by atoms with Gasteiger partial charge in [0.2, 0.25) is 0 Å². The van der Waals surface area contributed by atoms with Crippen molar-refractivity contribution in [2.24, 2.45) is 5.10 Å². The Balaban J connectivity index is 1.41. The third-order valence-electron chi connectivity index (χ3n) is 3.24. The second kappa shape index (κ2) is 9.43. The van der Waals surface area contributed by atoms with Crippen molar-refractivity contribution < 1.29 is 18.7 Å². The number of amides is 1. The first-order valence-electron chi connectivity index (χ1n) is 7.88. The third kappa shape index (κ3) is 5.89. The number of carbonyl (C=O) groups is 1. The lowest BCUT2D eigenvalue weighted by Gasteiger charge is -2.05. The molecule has 0 spiro atoms. The van der Waals surface area contributed by atoms with Crippen LogP contribution in [0.1, 0.15) is 11.5 Å². The highest BCUT2D eigenvalue weighted by atomic mass is 32.2. The normalized spacial score (nSPS) is 10.9. The van der Waals surface area contributed by atoms with Gasteiger partial charge in [0.1, 0.15) is 36.0 Å². The number of benzene rings is 1. The maximum Gasteiger partial charge on any atom is 0.250 e. The molecule has 2 N–H and O–H groups in total. The maximum absolute atomic E-state index is 11.7. The summed E-state index contributed by atoms with van der Waals surface area (Å²) in [6.07, 6.45) is 2.80. The van der Waals surface area contributed by atoms with Gasteiger partial charge in [0.05, 0.1) is 19.1 Å². The molecule has 0 radical (unpaired) electrons. The summed E-state index contributed by atoms with van der Waals surface area (Å²) in [7, 11) is 1.61. The van der Waals surface area contributed by atoms with E-state index in [1.165, 1.54) is 24.3 Å². The van der Waals surface area contributed by atoms with Gasteiger partial charge in [-0.15, -0.1) is 0 Å². The Bertz CT molecular complexity index is 877. The third-order valence-corrected chi connectivity index (χ3v) is 4.11. The monoisotopic (exact) mass is 387 g/mol. The highest BCUT2D eigenvalue weighted by Gasteiger charge is 2.04. The average molecular weight is 387 g/mol. The van der Waals surface area contributed by atoms with E-state index in [0.29, 0.717) is 22.4 Å². The number of hydrogen-bond donors (Lipinski definition) is 2. The number of ether oxygens (including phenoxy) is 2. The molecule has 0 unspecified atom stereocenters. The molecule has 0 fully saturated rings. The van der Waals surface area contributed by atoms with E-state index in [1.807, 2.05) is 24.3 Å². The molecule has 0 saturated carbocycles. The number of methoxy groups -OCH3 is 1. The molecule has 140 valence electrons. The lowest BCUT2D eigenvalue weighted by Crippen LogP contribution is -2.19. The molecule has 0 saturated heterocycles. The molecule has 0 aliphatic heterocycles. The van der Waals surface area contributed by atoms with Crippen LogP contribution in [-0.4, -0.2) is 40.2 Å². The molecule has 10 heteroatoms. The molecule has 3 rings (SSSR count). The summed E-state index contributed by atoms with van der Waals surface area (Å²) < 4.78 is 16.3. The van der Waals surface area contributed by atoms with E-state index < -0.39 is 0 Å². The van der Waals surface area contributed by atoms with Crippen LogP contribution in [-0.2, 0) is 11.4 Å². The summed E-state index contributed by atoms with van der Waals surface area (Å²) in [6.45, 7) is 0.278. The fourth-order valence-corrected chi connectivity index (χ4v) is 2.54. The molecule has 2 heterocycles. The number of nitrogens with one attached hydrogen (secondary N) is 2. The molecule has 1 amide bonds. The Hall–Kier alpha value is -3.27. The standard InChI is InChI=1S/C17H17N5O4S/c1-24-12-2-4-13(5-3-12)25-9-15-7-6-14(26-15)8-19-21-16(23)10-27-17-18-11-20-22-17/h2-8,11H,9-10H2,1H3,(H,21,23)(H,18,20,22)/b19-8-. The summed E-state index contributed by atoms with van der Waals surface area (Å²) in [5.41, 5.74) is 2.42. The van der Waals surface area contributed by atoms with Gasteiger partial charge in [-0.3, -0.25) is 9.89 Å². The second-order valence-electron chi connectivity index (χ2n) is 5.14. The minimum Gasteiger partial charge on any atom is -0.497 e. The smallest absolute Gasteiger partial charge is 0.250 e. The lowest BCUT2D eigenvalue weighted by atomic mass is 10.3. The van der Waals surface area contributed by atoms with E-state index in [2.05, 4.69) is 25.7 Å². The van der Waals surface area contributed by atoms with Crippen LogP contribution in [0, 0.1) is 0 Å². The molecule has 0 aliphatic rings. The number of thioether (sulfide) groups is 1. The molecule has 9 nitrogen and oxygen atoms in total. The van der Waals surface area contributed by atoms with E-state index in [9.17, 15) is 4.79 Å². The number of hydrazone groups is 1. The first-order valence-corrected chi connectivity index (χ1v) is 8.87. The number of furan rings is 1. The molecule has 27 heavy (non-hydrogen) atoms. The maximum atomic E-state index is 11.7. The van der Waals surface area contributed by atoms with Crippen molar-refractivity contribution in [3.8, 4) is 11.5 Å². The van der Waals surface area contributed by atoms with E-state index >= 15 is 0 Å². The van der Waals surface area contributed by atoms with E-state index in [-0.39, 0.29) is 18.3 Å². The number of nitrogens with zero attached hydrogens (tertiary/aromatic N) is 3. The predicted octanol–water partition coefficient (Wildman–Crippen LogP) is 2.23. The first kappa shape index (κ1) is 18.5. The fourth-order valence-electron chi connectivity index (χ4n) is 1.97. The zero-order valence-electron chi connectivity index (χ0n) is 14.4. The second-order valence-corrected chi connectivity index (χ2v) is 6.10. The van der Waals surface area contributed by atoms with Crippen molar-refractivity contribution in [2.45, 2.75) is 11.8 Å². The molecule has 0 bridgehead atoms. The SMILES string of the molecule is COc1ccc(OCc2ccc(/C=N\NC(=O)CSc3ncn[nH]3)o2)cc1. The van der Waals surface area contributed by atoms with Gasteiger partial charge in [-0.1, -0.05) is 11.8 Å². The Labute approximate surface area is 159 Å². The van der Waals surface area contributed by atoms with Crippen LogP contribution in [0.15, 0.2) is 57.4 Å². The van der Waals surface area contributed by atoms with Crippen molar-refractivity contribution in [2.75, 3.05) is 12.9 Å². The minimum absolute atomic E-state index is 0.172. The molecule has 3 aromatic rings. The van der Waals surface area contributed by atoms with Crippen LogP contribution < -0.4 is 14.9 Å². The van der Waals surface area contributed by atoms with Gasteiger partial charge in [-0.05, 0) is 36.4 Å². The molecule has 0 aliphatic carbocycles. The summed E-state index contributed by atoms with van der Waals surface area (Å²) >= 11 is 1.23. The molecule has 1 aromatic carbocycles. The lowest BCUT2D eigenvalue weighted by molar-refractivity contribution is -0.118. The Kier molecular flexibility index (Phi) is 6.47. The van der Waals surface area contributed by atoms with E-state index in [0.717, 1.165) is 5.75 Å². The van der Waals surface area contributed by atoms with Crippen LogP contribution in [0.25, 0.3) is 0 Å². The summed E-state index contributed by atoms with van der Waals surface area (Å²) in [5.74, 6) is 2.53. The van der Waals surface area contributed by atoms with Crippen LogP contribution in [0.4, 0.5) is 0 Å². The highest BCUT2D eigenvalue weighted by Crippen LogP contribution is 2.18. The fraction of sp³-hybridized carbons (Fsp3) is 0.176. The average Bonchev–Trinajstić information content (AvgIpc) is 3.37. The molecule has 2 aromatic heterocycles. The van der Waals surface area contributed by atoms with Gasteiger partial charge in [-0.2, -0.15) is 10.2 Å². The van der Waals surface area contributed by atoms with Gasteiger partial charge in [-0.25, -0.2) is 10.4 Å². The largest absolute Gasteiger partial charge is 0.497 e. The Morgan fingerprint density at radius 2 is 2.11 bits per heavy atom. The highest BCUT2D eigenvalue weighted by molar-refractivity contribution is 7.99. The van der Waals surface area contributed by atoms with Gasteiger partial charge < -0.3 is 13.9 Å². The number of aromatic nitrogens is 3. The van der Waals surface area contributed by atoms with Gasteiger partial charge in [0, 0.05) is 0 Å². The summed E-state index contributed by atoms with van der Waals surface area (Å²) in [4.78, 5) is 15.6. The minimum atomic E-state index is -0.262. The zero-order valence-corrected chi connectivity index (χ0v) is 15.2. The molecular weight excluding hydrogens is 370 g/mol. The van der Waals surface area contributed by atoms with Gasteiger partial charge in [0.25, 0.3) is 5.91 Å². The first-order chi connectivity index (χ1) is 13.2. The van der Waals surface area contributed by atoms with Crippen LogP contribution in [0.3, 0.4) is 0 Å². The van der Waals surface area contributed by atoms with E-state index in [4.69, 9.17) is 13.9 Å². The number of aromatic amines is 1. The topological polar surface area (TPSA) is 115 Å². The summed E-state index contributed by atoms with van der Waals surface area (Å²) in [5, 5.41) is 10.8. The number of rotatable bonds is 9. The Morgan fingerprint density at radius 1 is 1.30 bits per heavy atom. The molecule has 0 atom stereocenters. The van der Waals surface area contributed by atoms with Crippen LogP contribution in [0.5, 0.6) is 11.5 Å². The van der Waals surface area contributed by atoms with Crippen molar-refractivity contribution in [3.05, 3.63) is 54.2 Å². The van der Waals surface area contributed by atoms with Crippen LogP contribution in [0.2, 0.25) is 0 Å². The van der Waals surface area contributed by atoms with Crippen molar-refractivity contribution in [3.63, 3.8) is 0 Å².